The Balaban J connectivity index is 1.54. The molecule has 1 saturated heterocycles. The third-order valence-corrected chi connectivity index (χ3v) is 4.23. The van der Waals surface area contributed by atoms with Crippen molar-refractivity contribution in [1.82, 2.24) is 24.6 Å². The topological polar surface area (TPSA) is 91.6 Å². The summed E-state index contributed by atoms with van der Waals surface area (Å²) in [6, 6.07) is 0.0297. The van der Waals surface area contributed by atoms with Crippen LogP contribution in [0, 0.1) is 5.92 Å². The molecule has 0 aliphatic carbocycles. The maximum atomic E-state index is 12.5. The van der Waals surface area contributed by atoms with Gasteiger partial charge in [-0.15, -0.1) is 10.2 Å². The Labute approximate surface area is 122 Å². The van der Waals surface area contributed by atoms with E-state index in [4.69, 9.17) is 5.11 Å². The van der Waals surface area contributed by atoms with Crippen molar-refractivity contribution in [3.05, 3.63) is 12.2 Å². The fourth-order valence-electron chi connectivity index (χ4n) is 3.00. The van der Waals surface area contributed by atoms with Crippen LogP contribution in [0.2, 0.25) is 0 Å². The van der Waals surface area contributed by atoms with Crippen LogP contribution in [-0.2, 0) is 17.9 Å². The lowest BCUT2D eigenvalue weighted by molar-refractivity contribution is -0.137. The molecule has 1 unspecified atom stereocenters. The zero-order valence-corrected chi connectivity index (χ0v) is 11.8. The van der Waals surface area contributed by atoms with Crippen LogP contribution < -0.4 is 0 Å². The number of nitrogens with zero attached hydrogens (tertiary/aromatic N) is 5. The van der Waals surface area contributed by atoms with Gasteiger partial charge in [-0.05, 0) is 18.8 Å². The van der Waals surface area contributed by atoms with E-state index in [2.05, 4.69) is 10.2 Å². The highest BCUT2D eigenvalue weighted by atomic mass is 16.4. The lowest BCUT2D eigenvalue weighted by Gasteiger charge is -2.31. The highest BCUT2D eigenvalue weighted by Gasteiger charge is 2.31. The molecule has 8 nitrogen and oxygen atoms in total. The number of fused-ring (bicyclic) bond motifs is 1. The second-order valence-electron chi connectivity index (χ2n) is 5.68. The van der Waals surface area contributed by atoms with Gasteiger partial charge in [0.25, 0.3) is 0 Å². The predicted molar refractivity (Wildman–Crippen MR) is 72.4 cm³/mol. The molecule has 3 heterocycles. The van der Waals surface area contributed by atoms with E-state index < -0.39 is 5.97 Å². The van der Waals surface area contributed by atoms with Crippen molar-refractivity contribution in [3.63, 3.8) is 0 Å². The number of hydrogen-bond donors (Lipinski definition) is 1. The van der Waals surface area contributed by atoms with Crippen molar-refractivity contribution in [1.29, 1.82) is 0 Å². The molecule has 0 spiro atoms. The number of urea groups is 1. The molecule has 0 radical (unpaired) electrons. The van der Waals surface area contributed by atoms with E-state index in [0.717, 1.165) is 18.8 Å². The summed E-state index contributed by atoms with van der Waals surface area (Å²) in [5.74, 6) is 0.352. The van der Waals surface area contributed by atoms with Gasteiger partial charge in [0.2, 0.25) is 0 Å². The van der Waals surface area contributed by atoms with Gasteiger partial charge in [-0.25, -0.2) is 4.79 Å². The minimum atomic E-state index is -0.768. The second kappa shape index (κ2) is 5.71. The van der Waals surface area contributed by atoms with E-state index in [0.29, 0.717) is 38.5 Å². The standard InChI is InChI=1S/C13H19N5O3/c19-12(20)2-1-10-3-4-16(7-10)13(21)17-5-6-18-9-14-15-11(18)8-17/h9-10H,1-8H2,(H,19,20). The second-order valence-corrected chi connectivity index (χ2v) is 5.68. The van der Waals surface area contributed by atoms with Gasteiger partial charge in [0.1, 0.15) is 6.33 Å². The molecular weight excluding hydrogens is 274 g/mol. The molecule has 1 N–H and O–H groups in total. The van der Waals surface area contributed by atoms with E-state index in [-0.39, 0.29) is 12.5 Å². The van der Waals surface area contributed by atoms with Gasteiger partial charge in [-0.1, -0.05) is 0 Å². The maximum absolute atomic E-state index is 12.5. The first-order valence-electron chi connectivity index (χ1n) is 7.26. The number of hydrogen-bond acceptors (Lipinski definition) is 4. The van der Waals surface area contributed by atoms with Crippen LogP contribution in [0.15, 0.2) is 6.33 Å². The van der Waals surface area contributed by atoms with Gasteiger partial charge in [0.05, 0.1) is 6.54 Å². The molecular formula is C13H19N5O3. The van der Waals surface area contributed by atoms with E-state index in [1.807, 2.05) is 9.47 Å². The first kappa shape index (κ1) is 13.8. The van der Waals surface area contributed by atoms with Gasteiger partial charge in [-0.3, -0.25) is 4.79 Å². The fourth-order valence-corrected chi connectivity index (χ4v) is 3.00. The summed E-state index contributed by atoms with van der Waals surface area (Å²) >= 11 is 0. The highest BCUT2D eigenvalue weighted by molar-refractivity contribution is 5.74. The van der Waals surface area contributed by atoms with Crippen LogP contribution in [0.1, 0.15) is 25.1 Å². The number of aliphatic carboxylic acids is 1. The minimum Gasteiger partial charge on any atom is -0.481 e. The molecule has 21 heavy (non-hydrogen) atoms. The largest absolute Gasteiger partial charge is 0.481 e. The Hall–Kier alpha value is -2.12. The molecule has 0 aromatic carbocycles. The smallest absolute Gasteiger partial charge is 0.320 e. The summed E-state index contributed by atoms with van der Waals surface area (Å²) in [6.07, 6.45) is 3.41. The molecule has 2 amide bonds. The predicted octanol–water partition coefficient (Wildman–Crippen LogP) is 0.400. The van der Waals surface area contributed by atoms with Crippen molar-refractivity contribution in [2.75, 3.05) is 19.6 Å². The third-order valence-electron chi connectivity index (χ3n) is 4.23. The Morgan fingerprint density at radius 2 is 2.14 bits per heavy atom. The van der Waals surface area contributed by atoms with Crippen LogP contribution in [0.3, 0.4) is 0 Å². The molecule has 3 rings (SSSR count). The number of carboxylic acids is 1. The molecule has 114 valence electrons. The van der Waals surface area contributed by atoms with E-state index in [9.17, 15) is 9.59 Å². The van der Waals surface area contributed by atoms with Gasteiger partial charge in [0.15, 0.2) is 5.82 Å². The molecule has 0 bridgehead atoms. The maximum Gasteiger partial charge on any atom is 0.320 e. The van der Waals surface area contributed by atoms with Crippen LogP contribution in [0.25, 0.3) is 0 Å². The molecule has 1 atom stereocenters. The van der Waals surface area contributed by atoms with Gasteiger partial charge < -0.3 is 19.5 Å². The first-order chi connectivity index (χ1) is 10.1. The van der Waals surface area contributed by atoms with Crippen molar-refractivity contribution in [3.8, 4) is 0 Å². The molecule has 2 aliphatic heterocycles. The van der Waals surface area contributed by atoms with Crippen LogP contribution in [-0.4, -0.2) is 61.3 Å². The molecule has 2 aliphatic rings. The van der Waals surface area contributed by atoms with E-state index in [1.165, 1.54) is 0 Å². The number of aromatic nitrogens is 3. The minimum absolute atomic E-state index is 0.0297. The van der Waals surface area contributed by atoms with Crippen LogP contribution >= 0.6 is 0 Å². The lowest BCUT2D eigenvalue weighted by Crippen LogP contribution is -2.45. The van der Waals surface area contributed by atoms with Crippen molar-refractivity contribution < 1.29 is 14.7 Å². The Kier molecular flexibility index (Phi) is 3.76. The molecule has 1 aromatic rings. The lowest BCUT2D eigenvalue weighted by atomic mass is 10.0. The quantitative estimate of drug-likeness (QED) is 0.871. The van der Waals surface area contributed by atoms with Gasteiger partial charge in [0, 0.05) is 32.6 Å². The van der Waals surface area contributed by atoms with Gasteiger partial charge in [-0.2, -0.15) is 0 Å². The van der Waals surface area contributed by atoms with E-state index in [1.54, 1.807) is 11.2 Å². The zero-order chi connectivity index (χ0) is 14.8. The molecule has 1 aromatic heterocycles. The first-order valence-corrected chi connectivity index (χ1v) is 7.26. The summed E-state index contributed by atoms with van der Waals surface area (Å²) in [4.78, 5) is 26.7. The van der Waals surface area contributed by atoms with Crippen LogP contribution in [0.5, 0.6) is 0 Å². The van der Waals surface area contributed by atoms with Crippen molar-refractivity contribution in [2.24, 2.45) is 5.92 Å². The average Bonchev–Trinajstić information content (AvgIpc) is 3.12. The summed E-state index contributed by atoms with van der Waals surface area (Å²) < 4.78 is 1.96. The Bertz CT molecular complexity index is 544. The summed E-state index contributed by atoms with van der Waals surface area (Å²) in [7, 11) is 0. The van der Waals surface area contributed by atoms with Crippen molar-refractivity contribution in [2.45, 2.75) is 32.4 Å². The zero-order valence-electron chi connectivity index (χ0n) is 11.8. The van der Waals surface area contributed by atoms with Crippen molar-refractivity contribution >= 4 is 12.0 Å². The number of carbonyl (C=O) groups excluding carboxylic acids is 1. The highest BCUT2D eigenvalue weighted by Crippen LogP contribution is 2.23. The Morgan fingerprint density at radius 1 is 1.29 bits per heavy atom. The third kappa shape index (κ3) is 2.98. The molecule has 8 heteroatoms. The number of carboxylic acid groups (broad SMARTS) is 1. The number of rotatable bonds is 3. The average molecular weight is 293 g/mol. The fraction of sp³-hybridized carbons (Fsp3) is 0.692. The number of carbonyl (C=O) groups is 2. The number of likely N-dealkylation sites (tertiary alicyclic amines) is 1. The normalized spacial score (nSPS) is 21.4. The van der Waals surface area contributed by atoms with Crippen LogP contribution in [0.4, 0.5) is 4.79 Å². The SMILES string of the molecule is O=C(O)CCC1CCN(C(=O)N2CCn3cnnc3C2)C1. The van der Waals surface area contributed by atoms with E-state index >= 15 is 0 Å². The molecule has 1 fully saturated rings. The summed E-state index contributed by atoms with van der Waals surface area (Å²) in [5.41, 5.74) is 0. The Morgan fingerprint density at radius 3 is 2.95 bits per heavy atom. The summed E-state index contributed by atoms with van der Waals surface area (Å²) in [6.45, 7) is 3.27. The monoisotopic (exact) mass is 293 g/mol. The molecule has 0 saturated carbocycles. The number of amides is 2. The van der Waals surface area contributed by atoms with Gasteiger partial charge >= 0.3 is 12.0 Å². The summed E-state index contributed by atoms with van der Waals surface area (Å²) in [5, 5.41) is 16.6.